The molecule has 196 valence electrons. The largest absolute Gasteiger partial charge is 0.691 e. The first-order chi connectivity index (χ1) is 16.3. The molecule has 2 rings (SSSR count). The van der Waals surface area contributed by atoms with Gasteiger partial charge in [-0.3, -0.25) is 19.4 Å². The van der Waals surface area contributed by atoms with Crippen molar-refractivity contribution in [2.45, 2.75) is 69.7 Å². The van der Waals surface area contributed by atoms with Crippen LogP contribution in [-0.4, -0.2) is 70.4 Å². The minimum absolute atomic E-state index is 0.0444. The second kappa shape index (κ2) is 19.5. The SMILES string of the molecule is CC(=O)CCSOO[O-].CC(=O)CCSSCCNC(=O)CCCCC1SCC2NC(=O)NC21. The van der Waals surface area contributed by atoms with Gasteiger partial charge in [-0.2, -0.15) is 16.1 Å². The van der Waals surface area contributed by atoms with Crippen molar-refractivity contribution in [3.05, 3.63) is 0 Å². The van der Waals surface area contributed by atoms with Crippen LogP contribution in [0.15, 0.2) is 0 Å². The number of hydrogen-bond acceptors (Lipinski definition) is 11. The molecule has 2 heterocycles. The van der Waals surface area contributed by atoms with Gasteiger partial charge in [-0.15, -0.1) is 0 Å². The molecule has 2 saturated heterocycles. The predicted octanol–water partition coefficient (Wildman–Crippen LogP) is 2.03. The quantitative estimate of drug-likeness (QED) is 0.0604. The molecule has 0 aliphatic carbocycles. The van der Waals surface area contributed by atoms with E-state index in [1.807, 2.05) is 11.8 Å². The normalized spacial score (nSPS) is 20.6. The highest BCUT2D eigenvalue weighted by Gasteiger charge is 2.42. The van der Waals surface area contributed by atoms with Crippen LogP contribution in [-0.2, 0) is 23.8 Å². The van der Waals surface area contributed by atoms with Gasteiger partial charge in [0.2, 0.25) is 5.91 Å². The average Bonchev–Trinajstić information content (AvgIpc) is 3.33. The molecule has 2 aliphatic rings. The van der Waals surface area contributed by atoms with Gasteiger partial charge < -0.3 is 21.2 Å². The summed E-state index contributed by atoms with van der Waals surface area (Å²) in [6, 6.07) is 0.484. The first-order valence-electron chi connectivity index (χ1n) is 11.1. The van der Waals surface area contributed by atoms with Gasteiger partial charge in [0.25, 0.3) is 0 Å². The molecule has 2 aliphatic heterocycles. The van der Waals surface area contributed by atoms with Crippen molar-refractivity contribution in [2.24, 2.45) is 0 Å². The number of Topliss-reactive ketones (excluding diaryl/α,β-unsaturated/α-hetero) is 2. The number of rotatable bonds is 17. The van der Waals surface area contributed by atoms with Crippen molar-refractivity contribution in [1.29, 1.82) is 0 Å². The lowest BCUT2D eigenvalue weighted by Crippen LogP contribution is -2.36. The summed E-state index contributed by atoms with van der Waals surface area (Å²) in [5.74, 6) is 3.54. The smallest absolute Gasteiger partial charge is 0.315 e. The molecule has 0 aromatic rings. The molecule has 2 fully saturated rings. The number of thioether (sulfide) groups is 1. The lowest BCUT2D eigenvalue weighted by atomic mass is 10.0. The average molecular weight is 557 g/mol. The number of carbonyl (C=O) groups excluding carboxylic acids is 4. The molecule has 0 bridgehead atoms. The Labute approximate surface area is 217 Å². The number of ketones is 2. The lowest BCUT2D eigenvalue weighted by Gasteiger charge is -2.16. The second-order valence-electron chi connectivity index (χ2n) is 7.72. The number of fused-ring (bicyclic) bond motifs is 1. The second-order valence-corrected chi connectivity index (χ2v) is 12.5. The van der Waals surface area contributed by atoms with E-state index in [2.05, 4.69) is 25.3 Å². The van der Waals surface area contributed by atoms with E-state index in [0.29, 0.717) is 36.8 Å². The van der Waals surface area contributed by atoms with E-state index in [4.69, 9.17) is 5.26 Å². The number of urea groups is 1. The van der Waals surface area contributed by atoms with E-state index >= 15 is 0 Å². The van der Waals surface area contributed by atoms with Crippen LogP contribution >= 0.6 is 45.4 Å². The van der Waals surface area contributed by atoms with Crippen molar-refractivity contribution in [1.82, 2.24) is 16.0 Å². The Morgan fingerprint density at radius 1 is 1.06 bits per heavy atom. The van der Waals surface area contributed by atoms with Gasteiger partial charge in [0.15, 0.2) is 0 Å². The summed E-state index contributed by atoms with van der Waals surface area (Å²) >= 11 is 2.74. The number of amides is 3. The van der Waals surface area contributed by atoms with Gasteiger partial charge in [-0.1, -0.05) is 28.0 Å². The molecular formula is C20H34N3O7S4-. The summed E-state index contributed by atoms with van der Waals surface area (Å²) in [4.78, 5) is 44.1. The summed E-state index contributed by atoms with van der Waals surface area (Å²) < 4.78 is 3.89. The maximum atomic E-state index is 11.8. The summed E-state index contributed by atoms with van der Waals surface area (Å²) in [5, 5.41) is 21.5. The Balaban J connectivity index is 0.000000546. The van der Waals surface area contributed by atoms with Crippen LogP contribution < -0.4 is 21.2 Å². The Kier molecular flexibility index (Phi) is 18.0. The summed E-state index contributed by atoms with van der Waals surface area (Å²) in [7, 11) is 3.38. The maximum Gasteiger partial charge on any atom is 0.315 e. The first kappa shape index (κ1) is 31.4. The summed E-state index contributed by atoms with van der Waals surface area (Å²) in [6.45, 7) is 3.75. The molecule has 3 atom stereocenters. The highest BCUT2D eigenvalue weighted by molar-refractivity contribution is 8.76. The van der Waals surface area contributed by atoms with E-state index in [-0.39, 0.29) is 35.6 Å². The molecule has 3 amide bonds. The minimum Gasteiger partial charge on any atom is -0.691 e. The monoisotopic (exact) mass is 556 g/mol. The summed E-state index contributed by atoms with van der Waals surface area (Å²) in [6.07, 6.45) is 4.53. The molecule has 0 radical (unpaired) electrons. The molecule has 14 heteroatoms. The summed E-state index contributed by atoms with van der Waals surface area (Å²) in [5.41, 5.74) is 0. The van der Waals surface area contributed by atoms with Crippen molar-refractivity contribution < 1.29 is 33.8 Å². The zero-order chi connectivity index (χ0) is 25.2. The Morgan fingerprint density at radius 3 is 2.47 bits per heavy atom. The maximum absolute atomic E-state index is 11.8. The number of unbranched alkanes of at least 4 members (excludes halogenated alkanes) is 1. The minimum atomic E-state index is -0.0444. The first-order valence-corrected chi connectivity index (χ1v) is 15.5. The predicted molar refractivity (Wildman–Crippen MR) is 137 cm³/mol. The third kappa shape index (κ3) is 15.4. The van der Waals surface area contributed by atoms with Crippen LogP contribution in [0.3, 0.4) is 0 Å². The van der Waals surface area contributed by atoms with Crippen molar-refractivity contribution in [3.63, 3.8) is 0 Å². The van der Waals surface area contributed by atoms with Gasteiger partial charge in [0, 0.05) is 66.1 Å². The van der Waals surface area contributed by atoms with Crippen LogP contribution in [0.1, 0.15) is 52.4 Å². The van der Waals surface area contributed by atoms with Crippen molar-refractivity contribution >= 4 is 68.9 Å². The molecule has 34 heavy (non-hydrogen) atoms. The van der Waals surface area contributed by atoms with Gasteiger partial charge >= 0.3 is 6.03 Å². The van der Waals surface area contributed by atoms with E-state index < -0.39 is 0 Å². The fourth-order valence-corrected chi connectivity index (χ4v) is 7.16. The molecule has 0 aromatic heterocycles. The van der Waals surface area contributed by atoms with Crippen LogP contribution in [0.5, 0.6) is 0 Å². The Morgan fingerprint density at radius 2 is 1.76 bits per heavy atom. The highest BCUT2D eigenvalue weighted by atomic mass is 33.1. The van der Waals surface area contributed by atoms with Gasteiger partial charge in [-0.05, 0) is 26.7 Å². The number of nitrogens with one attached hydrogen (secondary N) is 3. The zero-order valence-electron chi connectivity index (χ0n) is 19.5. The van der Waals surface area contributed by atoms with Crippen LogP contribution in [0.4, 0.5) is 4.79 Å². The van der Waals surface area contributed by atoms with E-state index in [1.165, 1.54) is 6.92 Å². The van der Waals surface area contributed by atoms with E-state index in [0.717, 1.165) is 48.6 Å². The number of carbonyl (C=O) groups is 4. The fraction of sp³-hybridized carbons (Fsp3) is 0.800. The molecule has 3 unspecified atom stereocenters. The Hall–Kier alpha value is -0.640. The van der Waals surface area contributed by atoms with Gasteiger partial charge in [0.1, 0.15) is 11.6 Å². The molecule has 3 N–H and O–H groups in total. The van der Waals surface area contributed by atoms with Gasteiger partial charge in [0.05, 0.1) is 12.1 Å². The van der Waals surface area contributed by atoms with Gasteiger partial charge in [-0.25, -0.2) is 4.79 Å². The van der Waals surface area contributed by atoms with Crippen LogP contribution in [0.2, 0.25) is 0 Å². The molecular weight excluding hydrogens is 523 g/mol. The third-order valence-electron chi connectivity index (χ3n) is 4.82. The van der Waals surface area contributed by atoms with E-state index in [1.54, 1.807) is 28.5 Å². The molecule has 0 aromatic carbocycles. The number of hydrogen-bond donors (Lipinski definition) is 3. The Bertz CT molecular complexity index is 645. The van der Waals surface area contributed by atoms with Crippen LogP contribution in [0.25, 0.3) is 0 Å². The topological polar surface area (TPSA) is 146 Å². The van der Waals surface area contributed by atoms with Crippen molar-refractivity contribution in [2.75, 3.05) is 29.6 Å². The standard InChI is InChI=1S/C16H27N3O3S3.C4H8O4S/c1-11(20)6-8-24-25-9-7-17-14(21)5-3-2-4-13-15-12(10-23-13)18-16(22)19-15;1-4(5)2-3-9-8-7-6/h12-13,15H,2-10H2,1H3,(H,17,21)(H2,18,19,22);6H,2-3H2,1H3/p-1. The molecule has 0 saturated carbocycles. The molecule has 0 spiro atoms. The van der Waals surface area contributed by atoms with Crippen molar-refractivity contribution in [3.8, 4) is 0 Å². The molecule has 10 nitrogen and oxygen atoms in total. The zero-order valence-corrected chi connectivity index (χ0v) is 22.8. The third-order valence-corrected chi connectivity index (χ3v) is 9.26. The van der Waals surface area contributed by atoms with Crippen LogP contribution in [0, 0.1) is 0 Å². The van der Waals surface area contributed by atoms with E-state index in [9.17, 15) is 19.2 Å². The lowest BCUT2D eigenvalue weighted by molar-refractivity contribution is -0.777. The highest BCUT2D eigenvalue weighted by Crippen LogP contribution is 2.33. The fourth-order valence-electron chi connectivity index (χ4n) is 3.14.